The van der Waals surface area contributed by atoms with Crippen LogP contribution >= 0.6 is 0 Å². The van der Waals surface area contributed by atoms with E-state index >= 15 is 0 Å². The van der Waals surface area contributed by atoms with Crippen LogP contribution in [0.15, 0.2) is 67.1 Å². The Kier molecular flexibility index (Phi) is 8.74. The number of pyridine rings is 2. The van der Waals surface area contributed by atoms with Crippen molar-refractivity contribution in [2.45, 2.75) is 6.42 Å². The minimum Gasteiger partial charge on any atom is -0.360 e. The van der Waals surface area contributed by atoms with Crippen molar-refractivity contribution < 1.29 is 90.9 Å². The molecule has 0 unspecified atom stereocenters. The van der Waals surface area contributed by atoms with Crippen LogP contribution in [0.1, 0.15) is 11.1 Å². The maximum Gasteiger partial charge on any atom is 1.00 e. The minimum atomic E-state index is 0. The summed E-state index contributed by atoms with van der Waals surface area (Å²) in [6, 6.07) is 22.5. The number of hydrogen-bond acceptors (Lipinski definition) is 2. The van der Waals surface area contributed by atoms with E-state index in [1.807, 2.05) is 36.7 Å². The molecule has 4 rings (SSSR count). The fourth-order valence-electron chi connectivity index (χ4n) is 2.74. The average Bonchev–Trinajstić information content (AvgIpc) is 2.63. The van der Waals surface area contributed by atoms with Crippen molar-refractivity contribution in [1.29, 1.82) is 0 Å². The van der Waals surface area contributed by atoms with E-state index in [2.05, 4.69) is 52.6 Å². The summed E-state index contributed by atoms with van der Waals surface area (Å²) in [4.78, 5) is 8.38. The van der Waals surface area contributed by atoms with Crippen molar-refractivity contribution in [1.82, 2.24) is 9.97 Å². The van der Waals surface area contributed by atoms with E-state index in [1.165, 1.54) is 5.56 Å². The average molecular weight is 468 g/mol. The van der Waals surface area contributed by atoms with Gasteiger partial charge in [0, 0.05) is 32.7 Å². The molecule has 113 valence electrons. The molecule has 0 spiro atoms. The molecule has 4 heteroatoms. The van der Waals surface area contributed by atoms with Gasteiger partial charge < -0.3 is 9.97 Å². The number of rotatable bonds is 3. The fourth-order valence-corrected chi connectivity index (χ4v) is 2.74. The number of aromatic nitrogens is 2. The third kappa shape index (κ3) is 5.22. The van der Waals surface area contributed by atoms with Crippen LogP contribution in [0.4, 0.5) is 0 Å². The molecule has 0 saturated carbocycles. The molecule has 0 aliphatic heterocycles. The molecule has 0 aliphatic rings. The van der Waals surface area contributed by atoms with Crippen LogP contribution in [0.25, 0.3) is 21.9 Å². The summed E-state index contributed by atoms with van der Waals surface area (Å²) in [5.74, 6) is 0. The van der Waals surface area contributed by atoms with Crippen LogP contribution in [0.3, 0.4) is 0 Å². The zero-order chi connectivity index (χ0) is 15.5. The first-order valence-corrected chi connectivity index (χ1v) is 7.46. The van der Waals surface area contributed by atoms with Gasteiger partial charge in [-0.3, -0.25) is 0 Å². The molecule has 0 saturated heterocycles. The molecule has 2 heterocycles. The van der Waals surface area contributed by atoms with Gasteiger partial charge in [0.2, 0.25) is 0 Å². The molecule has 4 aromatic rings. The Morgan fingerprint density at radius 3 is 2.64 bits per heavy atom. The van der Waals surface area contributed by atoms with Crippen molar-refractivity contribution in [2.24, 2.45) is 0 Å². The van der Waals surface area contributed by atoms with Crippen LogP contribution in [0.2, 0.25) is 0 Å². The zero-order valence-corrected chi connectivity index (χ0v) is 21.8. The summed E-state index contributed by atoms with van der Waals surface area (Å²) in [5, 5.41) is 2.18. The Morgan fingerprint density at radius 1 is 0.960 bits per heavy atom. The van der Waals surface area contributed by atoms with Gasteiger partial charge in [-0.15, -0.1) is 34.0 Å². The van der Waals surface area contributed by atoms with Crippen molar-refractivity contribution in [2.75, 3.05) is 0 Å². The molecule has 2 aromatic heterocycles. The van der Waals surface area contributed by atoms with Crippen LogP contribution in [-0.2, 0) is 39.1 Å². The predicted octanol–water partition coefficient (Wildman–Crippen LogP) is 1.29. The molecule has 0 atom stereocenters. The Balaban J connectivity index is 0.00000113. The van der Waals surface area contributed by atoms with Crippen molar-refractivity contribution in [3.05, 3.63) is 96.6 Å². The van der Waals surface area contributed by atoms with Crippen LogP contribution in [-0.4, -0.2) is 9.97 Å². The van der Waals surface area contributed by atoms with E-state index < -0.39 is 0 Å². The van der Waals surface area contributed by atoms with Gasteiger partial charge in [-0.2, -0.15) is 35.9 Å². The van der Waals surface area contributed by atoms with Crippen LogP contribution in [0.5, 0.6) is 0 Å². The number of benzene rings is 2. The Labute approximate surface area is 222 Å². The molecule has 0 amide bonds. The molecule has 0 aliphatic carbocycles. The normalized spacial score (nSPS) is 9.92. The number of nitrogens with zero attached hydrogens (tertiary/aromatic N) is 2. The van der Waals surface area contributed by atoms with Crippen LogP contribution < -0.4 is 58.2 Å². The van der Waals surface area contributed by atoms with Gasteiger partial charge in [-0.1, -0.05) is 36.6 Å². The van der Waals surface area contributed by atoms with Gasteiger partial charge in [0.25, 0.3) is 0 Å². The van der Waals surface area contributed by atoms with E-state index in [0.29, 0.717) is 0 Å². The second kappa shape index (κ2) is 10.3. The van der Waals surface area contributed by atoms with Gasteiger partial charge in [0.1, 0.15) is 0 Å². The van der Waals surface area contributed by atoms with E-state index in [0.717, 1.165) is 33.9 Å². The molecule has 2 nitrogen and oxygen atoms in total. The van der Waals surface area contributed by atoms with Gasteiger partial charge in [0.05, 0.1) is 0 Å². The first-order valence-electron chi connectivity index (χ1n) is 7.46. The summed E-state index contributed by atoms with van der Waals surface area (Å²) in [6.07, 6.45) is 9.33. The molecule has 0 bridgehead atoms. The zero-order valence-electron chi connectivity index (χ0n) is 14.0. The molecule has 0 N–H and O–H groups in total. The molecule has 2 aromatic carbocycles. The van der Waals surface area contributed by atoms with Crippen LogP contribution in [0, 0.1) is 18.3 Å². The third-order valence-corrected chi connectivity index (χ3v) is 3.84. The molecule has 0 fully saturated rings. The maximum atomic E-state index is 4.25. The first-order chi connectivity index (χ1) is 11.4. The Bertz CT molecular complexity index is 944. The smallest absolute Gasteiger partial charge is 0.360 e. The second-order valence-electron chi connectivity index (χ2n) is 5.43. The predicted molar refractivity (Wildman–Crippen MR) is 90.7 cm³/mol. The summed E-state index contributed by atoms with van der Waals surface area (Å²) in [6.45, 7) is 0. The SMILES string of the molecule is [Rb+].[Y].[c-]1cncc(Cc2ccc3[c-]ncc(-c4c[c-]ccc4)c3c2)c1. The Hall–Kier alpha value is -0.0909. The molecule has 25 heavy (non-hydrogen) atoms. The van der Waals surface area contributed by atoms with Gasteiger partial charge >= 0.3 is 58.2 Å². The van der Waals surface area contributed by atoms with E-state index in [9.17, 15) is 0 Å². The van der Waals surface area contributed by atoms with E-state index in [4.69, 9.17) is 0 Å². The second-order valence-corrected chi connectivity index (χ2v) is 5.43. The first kappa shape index (κ1) is 21.2. The monoisotopic (exact) mass is 467 g/mol. The van der Waals surface area contributed by atoms with E-state index in [-0.39, 0.29) is 90.9 Å². The number of hydrogen-bond donors (Lipinski definition) is 0. The van der Waals surface area contributed by atoms with Crippen molar-refractivity contribution >= 4 is 10.8 Å². The van der Waals surface area contributed by atoms with E-state index in [1.54, 1.807) is 6.20 Å². The topological polar surface area (TPSA) is 25.8 Å². The molecular weight excluding hydrogens is 455 g/mol. The number of fused-ring (bicyclic) bond motifs is 1. The summed E-state index contributed by atoms with van der Waals surface area (Å²) < 4.78 is 0. The largest absolute Gasteiger partial charge is 1.00 e. The minimum absolute atomic E-state index is 0. The Morgan fingerprint density at radius 2 is 1.88 bits per heavy atom. The fraction of sp³-hybridized carbons (Fsp3) is 0.0476. The molecule has 1 radical (unpaired) electrons. The summed E-state index contributed by atoms with van der Waals surface area (Å²) in [5.41, 5.74) is 4.61. The quantitative estimate of drug-likeness (QED) is 0.425. The van der Waals surface area contributed by atoms with Gasteiger partial charge in [0.15, 0.2) is 0 Å². The summed E-state index contributed by atoms with van der Waals surface area (Å²) >= 11 is 0. The maximum absolute atomic E-state index is 4.25. The summed E-state index contributed by atoms with van der Waals surface area (Å²) in [7, 11) is 0. The van der Waals surface area contributed by atoms with Crippen molar-refractivity contribution in [3.63, 3.8) is 0 Å². The van der Waals surface area contributed by atoms with Crippen molar-refractivity contribution in [3.8, 4) is 11.1 Å². The third-order valence-electron chi connectivity index (χ3n) is 3.84. The standard InChI is InChI=1S/C21H13N2.Rb.Y/c1-2-6-18(7-3-1)21-15-23-14-19-9-8-16(12-20(19)21)11-17-5-4-10-22-13-17;;/h1-2,5-10,12-13,15H,11H2;;/q-3;+1;. The van der Waals surface area contributed by atoms with Gasteiger partial charge in [-0.25, -0.2) is 12.1 Å². The van der Waals surface area contributed by atoms with Gasteiger partial charge in [-0.05, 0) is 6.20 Å². The molecular formula is C21H13N2RbY-2.